The molecular formula is C24H26ClF3N4OS. The van der Waals surface area contributed by atoms with E-state index in [0.29, 0.717) is 47.5 Å². The van der Waals surface area contributed by atoms with Gasteiger partial charge in [0, 0.05) is 36.6 Å². The van der Waals surface area contributed by atoms with Crippen LogP contribution in [0, 0.1) is 0 Å². The minimum absolute atomic E-state index is 0.247. The first-order chi connectivity index (χ1) is 16.1. The van der Waals surface area contributed by atoms with Crippen LogP contribution in [0.2, 0.25) is 5.02 Å². The lowest BCUT2D eigenvalue weighted by molar-refractivity contribution is -0.137. The van der Waals surface area contributed by atoms with E-state index in [2.05, 4.69) is 10.3 Å². The maximum absolute atomic E-state index is 13.2. The summed E-state index contributed by atoms with van der Waals surface area (Å²) < 4.78 is 39.5. The maximum atomic E-state index is 13.2. The molecule has 182 valence electrons. The first-order valence-corrected chi connectivity index (χ1v) is 11.9. The highest BCUT2D eigenvalue weighted by Gasteiger charge is 2.30. The van der Waals surface area contributed by atoms with E-state index in [1.54, 1.807) is 17.5 Å². The van der Waals surface area contributed by atoms with Gasteiger partial charge in [0.1, 0.15) is 10.7 Å². The number of thiazole rings is 1. The molecule has 3 rings (SSSR count). The van der Waals surface area contributed by atoms with Crippen LogP contribution in [0.25, 0.3) is 0 Å². The van der Waals surface area contributed by atoms with Gasteiger partial charge in [-0.05, 0) is 43.4 Å². The largest absolute Gasteiger partial charge is 0.416 e. The number of hydrogen-bond donors (Lipinski definition) is 1. The summed E-state index contributed by atoms with van der Waals surface area (Å²) in [5.74, 6) is -0.247. The van der Waals surface area contributed by atoms with Crippen LogP contribution >= 0.6 is 22.9 Å². The molecule has 0 spiro atoms. The Morgan fingerprint density at radius 1 is 1.06 bits per heavy atom. The number of amides is 1. The molecule has 0 aliphatic rings. The monoisotopic (exact) mass is 510 g/mol. The summed E-state index contributed by atoms with van der Waals surface area (Å²) in [5.41, 5.74) is 1.12. The number of aromatic nitrogens is 1. The van der Waals surface area contributed by atoms with Crippen LogP contribution < -0.4 is 5.32 Å². The summed E-state index contributed by atoms with van der Waals surface area (Å²) in [7, 11) is 3.85. The SMILES string of the molecule is CN(C)CCNC(=O)c1csc(CN(Cc2cccc(Cl)c2)Cc2cccc(C(F)(F)F)c2)n1. The number of nitrogens with one attached hydrogen (secondary N) is 1. The zero-order valence-corrected chi connectivity index (χ0v) is 20.5. The zero-order chi connectivity index (χ0) is 24.7. The standard InChI is InChI=1S/C24H26ClF3N4OS/c1-31(2)10-9-29-23(33)21-16-34-22(30-21)15-32(14-18-6-4-8-20(25)12-18)13-17-5-3-7-19(11-17)24(26,27)28/h3-8,11-12,16H,9-10,13-15H2,1-2H3,(H,29,33). The number of benzene rings is 2. The van der Waals surface area contributed by atoms with Gasteiger partial charge in [-0.15, -0.1) is 11.3 Å². The molecule has 0 atom stereocenters. The normalized spacial score (nSPS) is 11.9. The van der Waals surface area contributed by atoms with Gasteiger partial charge in [-0.2, -0.15) is 13.2 Å². The van der Waals surface area contributed by atoms with Gasteiger partial charge in [-0.25, -0.2) is 4.98 Å². The molecule has 1 heterocycles. The minimum Gasteiger partial charge on any atom is -0.349 e. The highest BCUT2D eigenvalue weighted by molar-refractivity contribution is 7.09. The molecule has 0 bridgehead atoms. The molecule has 3 aromatic rings. The van der Waals surface area contributed by atoms with E-state index < -0.39 is 11.7 Å². The average Bonchev–Trinajstić information content (AvgIpc) is 3.21. The number of carbonyl (C=O) groups is 1. The van der Waals surface area contributed by atoms with Crippen molar-refractivity contribution >= 4 is 28.8 Å². The van der Waals surface area contributed by atoms with Crippen LogP contribution in [0.15, 0.2) is 53.9 Å². The molecule has 1 aromatic heterocycles. The molecule has 10 heteroatoms. The first-order valence-electron chi connectivity index (χ1n) is 10.6. The third-order valence-electron chi connectivity index (χ3n) is 4.94. The van der Waals surface area contributed by atoms with Gasteiger partial charge >= 0.3 is 6.18 Å². The van der Waals surface area contributed by atoms with Gasteiger partial charge in [0.2, 0.25) is 0 Å². The van der Waals surface area contributed by atoms with Crippen molar-refractivity contribution in [3.8, 4) is 0 Å². The third kappa shape index (κ3) is 8.09. The van der Waals surface area contributed by atoms with Gasteiger partial charge in [0.05, 0.1) is 12.1 Å². The number of halogens is 4. The van der Waals surface area contributed by atoms with Gasteiger partial charge in [0.25, 0.3) is 5.91 Å². The van der Waals surface area contributed by atoms with E-state index in [1.165, 1.54) is 17.4 Å². The fourth-order valence-electron chi connectivity index (χ4n) is 3.33. The highest BCUT2D eigenvalue weighted by atomic mass is 35.5. The van der Waals surface area contributed by atoms with Gasteiger partial charge < -0.3 is 10.2 Å². The molecule has 0 saturated carbocycles. The summed E-state index contributed by atoms with van der Waals surface area (Å²) in [4.78, 5) is 20.8. The second kappa shape index (κ2) is 11.8. The van der Waals surface area contributed by atoms with Crippen molar-refractivity contribution in [2.45, 2.75) is 25.8 Å². The smallest absolute Gasteiger partial charge is 0.349 e. The lowest BCUT2D eigenvalue weighted by Crippen LogP contribution is -2.31. The maximum Gasteiger partial charge on any atom is 0.416 e. The minimum atomic E-state index is -4.40. The Labute approximate surface area is 206 Å². The molecule has 0 aliphatic carbocycles. The van der Waals surface area contributed by atoms with Crippen LogP contribution in [0.5, 0.6) is 0 Å². The van der Waals surface area contributed by atoms with Gasteiger partial charge in [0.15, 0.2) is 0 Å². The topological polar surface area (TPSA) is 48.5 Å². The average molecular weight is 511 g/mol. The molecule has 0 unspecified atom stereocenters. The Balaban J connectivity index is 1.75. The van der Waals surface area contributed by atoms with E-state index in [1.807, 2.05) is 42.1 Å². The van der Waals surface area contributed by atoms with Crippen LogP contribution in [0.4, 0.5) is 13.2 Å². The van der Waals surface area contributed by atoms with E-state index in [4.69, 9.17) is 11.6 Å². The Morgan fingerprint density at radius 2 is 1.74 bits per heavy atom. The molecule has 0 aliphatic heterocycles. The summed E-state index contributed by atoms with van der Waals surface area (Å²) >= 11 is 7.47. The summed E-state index contributed by atoms with van der Waals surface area (Å²) in [6.45, 7) is 2.34. The second-order valence-electron chi connectivity index (χ2n) is 8.16. The van der Waals surface area contributed by atoms with E-state index in [0.717, 1.165) is 17.7 Å². The van der Waals surface area contributed by atoms with E-state index in [9.17, 15) is 18.0 Å². The third-order valence-corrected chi connectivity index (χ3v) is 6.01. The number of hydrogen-bond acceptors (Lipinski definition) is 5. The summed E-state index contributed by atoms with van der Waals surface area (Å²) in [6, 6.07) is 12.6. The van der Waals surface area contributed by atoms with Crippen molar-refractivity contribution in [1.29, 1.82) is 0 Å². The molecule has 1 amide bonds. The van der Waals surface area contributed by atoms with Crippen LogP contribution in [0.3, 0.4) is 0 Å². The highest BCUT2D eigenvalue weighted by Crippen LogP contribution is 2.30. The number of carbonyl (C=O) groups excluding carboxylic acids is 1. The summed E-state index contributed by atoms with van der Waals surface area (Å²) in [5, 5.41) is 5.81. The van der Waals surface area contributed by atoms with E-state index in [-0.39, 0.29) is 12.5 Å². The van der Waals surface area contributed by atoms with Crippen molar-refractivity contribution in [2.75, 3.05) is 27.2 Å². The Hall–Kier alpha value is -2.46. The van der Waals surface area contributed by atoms with Gasteiger partial charge in [-0.1, -0.05) is 41.9 Å². The first kappa shape index (κ1) is 26.2. The molecule has 2 aromatic carbocycles. The number of rotatable bonds is 10. The Kier molecular flexibility index (Phi) is 9.07. The quantitative estimate of drug-likeness (QED) is 0.401. The van der Waals surface area contributed by atoms with Crippen molar-refractivity contribution < 1.29 is 18.0 Å². The Bertz CT molecular complexity index is 1100. The molecule has 1 N–H and O–H groups in total. The van der Waals surface area contributed by atoms with E-state index >= 15 is 0 Å². The molecule has 34 heavy (non-hydrogen) atoms. The molecular weight excluding hydrogens is 485 g/mol. The van der Waals surface area contributed by atoms with Crippen LogP contribution in [-0.4, -0.2) is 47.9 Å². The van der Waals surface area contributed by atoms with Crippen molar-refractivity contribution in [3.63, 3.8) is 0 Å². The lowest BCUT2D eigenvalue weighted by Gasteiger charge is -2.22. The zero-order valence-electron chi connectivity index (χ0n) is 18.9. The molecule has 0 fully saturated rings. The number of alkyl halides is 3. The molecule has 0 radical (unpaired) electrons. The predicted molar refractivity (Wildman–Crippen MR) is 129 cm³/mol. The second-order valence-corrected chi connectivity index (χ2v) is 9.54. The number of nitrogens with zero attached hydrogens (tertiary/aromatic N) is 3. The van der Waals surface area contributed by atoms with Crippen LogP contribution in [0.1, 0.15) is 32.2 Å². The van der Waals surface area contributed by atoms with Crippen molar-refractivity contribution in [3.05, 3.63) is 86.3 Å². The Morgan fingerprint density at radius 3 is 2.38 bits per heavy atom. The number of likely N-dealkylation sites (N-methyl/N-ethyl adjacent to an activating group) is 1. The summed E-state index contributed by atoms with van der Waals surface area (Å²) in [6.07, 6.45) is -4.40. The molecule has 0 saturated heterocycles. The fraction of sp³-hybridized carbons (Fsp3) is 0.333. The predicted octanol–water partition coefficient (Wildman–Crippen LogP) is 5.31. The lowest BCUT2D eigenvalue weighted by atomic mass is 10.1. The molecule has 5 nitrogen and oxygen atoms in total. The van der Waals surface area contributed by atoms with Crippen LogP contribution in [-0.2, 0) is 25.8 Å². The van der Waals surface area contributed by atoms with Gasteiger partial charge in [-0.3, -0.25) is 9.69 Å². The van der Waals surface area contributed by atoms with Crippen molar-refractivity contribution in [2.24, 2.45) is 0 Å². The fourth-order valence-corrected chi connectivity index (χ4v) is 4.36. The van der Waals surface area contributed by atoms with Crippen molar-refractivity contribution in [1.82, 2.24) is 20.1 Å².